The van der Waals surface area contributed by atoms with Crippen LogP contribution in [0, 0.1) is 0 Å². The summed E-state index contributed by atoms with van der Waals surface area (Å²) >= 11 is 1.21. The first kappa shape index (κ1) is 12.2. The molecule has 0 radical (unpaired) electrons. The van der Waals surface area contributed by atoms with Crippen LogP contribution in [0.2, 0.25) is 0 Å². The number of carbonyl (C=O) groups is 2. The molecule has 1 N–H and O–H groups in total. The van der Waals surface area contributed by atoms with E-state index in [1.807, 2.05) is 0 Å². The monoisotopic (exact) mass is 266 g/mol. The zero-order valence-electron chi connectivity index (χ0n) is 9.49. The van der Waals surface area contributed by atoms with Gasteiger partial charge < -0.3 is 10.1 Å². The number of esters is 1. The first-order valence-corrected chi connectivity index (χ1v) is 5.86. The maximum absolute atomic E-state index is 11.7. The Morgan fingerprint density at radius 1 is 1.56 bits per heavy atom. The van der Waals surface area contributed by atoms with Gasteiger partial charge in [0.05, 0.1) is 12.8 Å². The number of carbonyl (C=O) groups excluding carboxylic acids is 2. The summed E-state index contributed by atoms with van der Waals surface area (Å²) in [7, 11) is 1.29. The number of aromatic nitrogens is 3. The maximum atomic E-state index is 11.7. The molecule has 0 spiro atoms. The molecule has 94 valence electrons. The third-order valence-corrected chi connectivity index (χ3v) is 2.98. The van der Waals surface area contributed by atoms with E-state index in [0.717, 1.165) is 0 Å². The van der Waals surface area contributed by atoms with E-state index < -0.39 is 5.97 Å². The molecule has 2 aromatic rings. The highest BCUT2D eigenvalue weighted by Crippen LogP contribution is 2.22. The quantitative estimate of drug-likeness (QED) is 0.826. The van der Waals surface area contributed by atoms with Crippen LogP contribution in [0.4, 0.5) is 5.69 Å². The molecule has 1 amide bonds. The number of nitrogens with one attached hydrogen (secondary N) is 1. The number of methoxy groups -OCH3 is 1. The number of anilines is 1. The lowest BCUT2D eigenvalue weighted by atomic mass is 10.4. The Balaban J connectivity index is 2.03. The molecule has 0 aromatic carbocycles. The molecule has 0 unspecified atom stereocenters. The molecule has 2 heterocycles. The van der Waals surface area contributed by atoms with Crippen LogP contribution in [0.5, 0.6) is 0 Å². The van der Waals surface area contributed by atoms with Crippen LogP contribution in [0.1, 0.15) is 9.67 Å². The highest BCUT2D eigenvalue weighted by Gasteiger charge is 2.15. The van der Waals surface area contributed by atoms with Crippen LogP contribution in [-0.4, -0.2) is 33.8 Å². The van der Waals surface area contributed by atoms with Crippen molar-refractivity contribution >= 4 is 28.9 Å². The van der Waals surface area contributed by atoms with Gasteiger partial charge in [-0.05, 0) is 11.4 Å². The molecule has 0 fully saturated rings. The first-order chi connectivity index (χ1) is 8.70. The van der Waals surface area contributed by atoms with Crippen molar-refractivity contribution < 1.29 is 14.3 Å². The second-order valence-electron chi connectivity index (χ2n) is 3.30. The minimum Gasteiger partial charge on any atom is -0.465 e. The van der Waals surface area contributed by atoms with Gasteiger partial charge in [-0.25, -0.2) is 14.5 Å². The number of rotatable bonds is 4. The van der Waals surface area contributed by atoms with Crippen LogP contribution in [0.25, 0.3) is 0 Å². The molecule has 0 saturated carbocycles. The number of hydrogen-bond acceptors (Lipinski definition) is 6. The molecule has 7 nitrogen and oxygen atoms in total. The topological polar surface area (TPSA) is 86.1 Å². The van der Waals surface area contributed by atoms with E-state index in [-0.39, 0.29) is 12.5 Å². The Kier molecular flexibility index (Phi) is 3.68. The van der Waals surface area contributed by atoms with E-state index in [2.05, 4.69) is 20.1 Å². The van der Waals surface area contributed by atoms with Gasteiger partial charge in [-0.1, -0.05) is 0 Å². The van der Waals surface area contributed by atoms with Crippen molar-refractivity contribution in [1.29, 1.82) is 0 Å². The molecule has 0 aliphatic heterocycles. The molecule has 0 bridgehead atoms. The van der Waals surface area contributed by atoms with Crippen molar-refractivity contribution in [2.24, 2.45) is 0 Å². The summed E-state index contributed by atoms with van der Waals surface area (Å²) in [4.78, 5) is 27.2. The van der Waals surface area contributed by atoms with Crippen molar-refractivity contribution in [3.63, 3.8) is 0 Å². The average molecular weight is 266 g/mol. The fraction of sp³-hybridized carbons (Fsp3) is 0.200. The predicted octanol–water partition coefficient (Wildman–Crippen LogP) is 0.765. The van der Waals surface area contributed by atoms with Crippen LogP contribution < -0.4 is 5.32 Å². The summed E-state index contributed by atoms with van der Waals surface area (Å²) in [5.41, 5.74) is 0.442. The van der Waals surface area contributed by atoms with Crippen LogP contribution >= 0.6 is 11.3 Å². The van der Waals surface area contributed by atoms with E-state index in [1.165, 1.54) is 35.8 Å². The molecule has 8 heteroatoms. The van der Waals surface area contributed by atoms with Gasteiger partial charge >= 0.3 is 5.97 Å². The summed E-state index contributed by atoms with van der Waals surface area (Å²) in [6.45, 7) is 0.0382. The summed E-state index contributed by atoms with van der Waals surface area (Å²) in [6, 6.07) is 1.65. The number of thiophene rings is 1. The van der Waals surface area contributed by atoms with Gasteiger partial charge in [0.15, 0.2) is 0 Å². The second kappa shape index (κ2) is 5.41. The van der Waals surface area contributed by atoms with Crippen molar-refractivity contribution in [3.8, 4) is 0 Å². The van der Waals surface area contributed by atoms with Crippen molar-refractivity contribution in [3.05, 3.63) is 29.0 Å². The highest BCUT2D eigenvalue weighted by atomic mass is 32.1. The molecule has 2 aromatic heterocycles. The van der Waals surface area contributed by atoms with E-state index in [0.29, 0.717) is 10.6 Å². The van der Waals surface area contributed by atoms with Crippen molar-refractivity contribution in [2.45, 2.75) is 6.54 Å². The third kappa shape index (κ3) is 2.72. The summed E-state index contributed by atoms with van der Waals surface area (Å²) in [5.74, 6) is -0.759. The smallest absolute Gasteiger partial charge is 0.350 e. The highest BCUT2D eigenvalue weighted by molar-refractivity contribution is 7.12. The molecule has 18 heavy (non-hydrogen) atoms. The van der Waals surface area contributed by atoms with E-state index in [9.17, 15) is 9.59 Å². The summed E-state index contributed by atoms with van der Waals surface area (Å²) < 4.78 is 6.00. The second-order valence-corrected chi connectivity index (χ2v) is 4.21. The fourth-order valence-electron chi connectivity index (χ4n) is 1.31. The SMILES string of the molecule is COC(=O)c1sccc1NC(=O)Cn1cncn1. The van der Waals surface area contributed by atoms with E-state index in [4.69, 9.17) is 0 Å². The van der Waals surface area contributed by atoms with Gasteiger partial charge in [-0.3, -0.25) is 4.79 Å². The number of hydrogen-bond donors (Lipinski definition) is 1. The Labute approximate surface area is 106 Å². The molecule has 0 saturated heterocycles. The van der Waals surface area contributed by atoms with Crippen LogP contribution in [0.15, 0.2) is 24.1 Å². The zero-order chi connectivity index (χ0) is 13.0. The lowest BCUT2D eigenvalue weighted by Gasteiger charge is -2.05. The molecular weight excluding hydrogens is 256 g/mol. The largest absolute Gasteiger partial charge is 0.465 e. The normalized spacial score (nSPS) is 10.1. The minimum atomic E-state index is -0.471. The van der Waals surface area contributed by atoms with Gasteiger partial charge in [-0.15, -0.1) is 11.3 Å². The van der Waals surface area contributed by atoms with Gasteiger partial charge in [0.1, 0.15) is 24.1 Å². The molecule has 0 atom stereocenters. The Hall–Kier alpha value is -2.22. The summed E-state index contributed by atoms with van der Waals surface area (Å²) in [5, 5.41) is 8.15. The first-order valence-electron chi connectivity index (χ1n) is 4.99. The minimum absolute atomic E-state index is 0.0382. The number of amides is 1. The van der Waals surface area contributed by atoms with Gasteiger partial charge in [0.2, 0.25) is 5.91 Å². The average Bonchev–Trinajstić information content (AvgIpc) is 2.99. The van der Waals surface area contributed by atoms with Gasteiger partial charge in [-0.2, -0.15) is 5.10 Å². The Morgan fingerprint density at radius 2 is 2.39 bits per heavy atom. The molecule has 0 aliphatic carbocycles. The van der Waals surface area contributed by atoms with E-state index >= 15 is 0 Å². The van der Waals surface area contributed by atoms with E-state index in [1.54, 1.807) is 11.4 Å². The van der Waals surface area contributed by atoms with Gasteiger partial charge in [0, 0.05) is 0 Å². The number of nitrogens with zero attached hydrogens (tertiary/aromatic N) is 3. The molecule has 0 aliphatic rings. The predicted molar refractivity (Wildman–Crippen MR) is 64.3 cm³/mol. The lowest BCUT2D eigenvalue weighted by molar-refractivity contribution is -0.116. The standard InChI is InChI=1S/C10H10N4O3S/c1-17-10(16)9-7(2-3-18-9)13-8(15)4-14-6-11-5-12-14/h2-3,5-6H,4H2,1H3,(H,13,15). The zero-order valence-corrected chi connectivity index (χ0v) is 10.3. The third-order valence-electron chi connectivity index (χ3n) is 2.08. The van der Waals surface area contributed by atoms with Crippen molar-refractivity contribution in [2.75, 3.05) is 12.4 Å². The van der Waals surface area contributed by atoms with Gasteiger partial charge in [0.25, 0.3) is 0 Å². The summed E-state index contributed by atoms with van der Waals surface area (Å²) in [6.07, 6.45) is 2.78. The number of ether oxygens (including phenoxy) is 1. The molecular formula is C10H10N4O3S. The van der Waals surface area contributed by atoms with Crippen LogP contribution in [0.3, 0.4) is 0 Å². The fourth-order valence-corrected chi connectivity index (χ4v) is 2.08. The maximum Gasteiger partial charge on any atom is 0.350 e. The van der Waals surface area contributed by atoms with Crippen molar-refractivity contribution in [1.82, 2.24) is 14.8 Å². The molecule has 2 rings (SSSR count). The Bertz CT molecular complexity index is 549. The Morgan fingerprint density at radius 3 is 3.06 bits per heavy atom. The van der Waals surface area contributed by atoms with Crippen LogP contribution in [-0.2, 0) is 16.1 Å². The lowest BCUT2D eigenvalue weighted by Crippen LogP contribution is -2.20.